The summed E-state index contributed by atoms with van der Waals surface area (Å²) in [5.41, 5.74) is 2.38. The third kappa shape index (κ3) is 3.03. The summed E-state index contributed by atoms with van der Waals surface area (Å²) in [4.78, 5) is 6.92. The fourth-order valence-electron chi connectivity index (χ4n) is 2.85. The van der Waals surface area contributed by atoms with E-state index in [0.29, 0.717) is 5.92 Å². The Morgan fingerprint density at radius 1 is 1.40 bits per heavy atom. The van der Waals surface area contributed by atoms with E-state index in [1.54, 1.807) is 0 Å². The van der Waals surface area contributed by atoms with Gasteiger partial charge in [0.25, 0.3) is 0 Å². The van der Waals surface area contributed by atoms with Crippen LogP contribution in [-0.4, -0.2) is 36.7 Å². The molecule has 1 aromatic carbocycles. The van der Waals surface area contributed by atoms with E-state index in [2.05, 4.69) is 51.1 Å². The van der Waals surface area contributed by atoms with Gasteiger partial charge < -0.3 is 9.64 Å². The maximum Gasteiger partial charge on any atom is 0.0758 e. The summed E-state index contributed by atoms with van der Waals surface area (Å²) in [6, 6.07) is 8.38. The molecule has 20 heavy (non-hydrogen) atoms. The van der Waals surface area contributed by atoms with E-state index < -0.39 is 0 Å². The van der Waals surface area contributed by atoms with Gasteiger partial charge in [-0.1, -0.05) is 28.1 Å². The van der Waals surface area contributed by atoms with E-state index in [0.717, 1.165) is 36.3 Å². The summed E-state index contributed by atoms with van der Waals surface area (Å²) >= 11 is 3.60. The molecule has 0 unspecified atom stereocenters. The van der Waals surface area contributed by atoms with Crippen molar-refractivity contribution in [3.8, 4) is 0 Å². The van der Waals surface area contributed by atoms with Crippen molar-refractivity contribution in [3.63, 3.8) is 0 Å². The lowest BCUT2D eigenvalue weighted by molar-refractivity contribution is 0.173. The van der Waals surface area contributed by atoms with Crippen LogP contribution in [-0.2, 0) is 11.3 Å². The molecule has 4 heteroatoms. The molecule has 1 aliphatic rings. The number of rotatable bonds is 4. The average molecular weight is 335 g/mol. The van der Waals surface area contributed by atoms with Gasteiger partial charge in [0, 0.05) is 35.8 Å². The first-order valence-corrected chi connectivity index (χ1v) is 7.82. The number of nitrogens with zero attached hydrogens (tertiary/aromatic N) is 2. The van der Waals surface area contributed by atoms with Gasteiger partial charge in [0.2, 0.25) is 0 Å². The van der Waals surface area contributed by atoms with E-state index in [4.69, 9.17) is 4.74 Å². The predicted molar refractivity (Wildman–Crippen MR) is 84.7 cm³/mol. The minimum absolute atomic E-state index is 0.676. The van der Waals surface area contributed by atoms with Crippen LogP contribution in [0.3, 0.4) is 0 Å². The van der Waals surface area contributed by atoms with E-state index in [1.165, 1.54) is 17.4 Å². The molecule has 0 radical (unpaired) electrons. The first kappa shape index (κ1) is 14.0. The third-order valence-electron chi connectivity index (χ3n) is 3.83. The second kappa shape index (κ2) is 6.20. The Kier molecular flexibility index (Phi) is 4.34. The first-order valence-electron chi connectivity index (χ1n) is 7.02. The van der Waals surface area contributed by atoms with Crippen LogP contribution in [0.2, 0.25) is 0 Å². The van der Waals surface area contributed by atoms with Gasteiger partial charge in [0.15, 0.2) is 0 Å². The molecule has 0 aliphatic carbocycles. The van der Waals surface area contributed by atoms with E-state index >= 15 is 0 Å². The van der Waals surface area contributed by atoms with Crippen molar-refractivity contribution in [1.29, 1.82) is 0 Å². The number of hydrogen-bond acceptors (Lipinski definition) is 3. The van der Waals surface area contributed by atoms with Crippen LogP contribution in [0.25, 0.3) is 10.9 Å². The maximum absolute atomic E-state index is 5.45. The minimum Gasteiger partial charge on any atom is -0.381 e. The first-order chi connectivity index (χ1) is 9.74. The number of halogens is 1. The summed E-state index contributed by atoms with van der Waals surface area (Å²) in [7, 11) is 2.18. The largest absolute Gasteiger partial charge is 0.381 e. The Hall–Kier alpha value is -0.970. The van der Waals surface area contributed by atoms with Gasteiger partial charge in [-0.15, -0.1) is 0 Å². The van der Waals surface area contributed by atoms with Gasteiger partial charge in [-0.3, -0.25) is 4.98 Å². The lowest BCUT2D eigenvalue weighted by Gasteiger charge is -2.20. The topological polar surface area (TPSA) is 25.4 Å². The molecule has 1 fully saturated rings. The molecular formula is C16H19BrN2O. The molecule has 2 heterocycles. The molecule has 0 saturated carbocycles. The molecule has 1 aromatic heterocycles. The Labute approximate surface area is 128 Å². The van der Waals surface area contributed by atoms with Crippen LogP contribution >= 0.6 is 15.9 Å². The van der Waals surface area contributed by atoms with Gasteiger partial charge in [-0.2, -0.15) is 0 Å². The normalized spacial score (nSPS) is 19.1. The molecular weight excluding hydrogens is 316 g/mol. The van der Waals surface area contributed by atoms with Crippen LogP contribution in [0.1, 0.15) is 12.0 Å². The number of fused-ring (bicyclic) bond motifs is 1. The molecule has 0 spiro atoms. The predicted octanol–water partition coefficient (Wildman–Crippen LogP) is 3.47. The number of hydrogen-bond donors (Lipinski definition) is 0. The molecule has 1 aliphatic heterocycles. The highest BCUT2D eigenvalue weighted by molar-refractivity contribution is 9.10. The summed E-state index contributed by atoms with van der Waals surface area (Å²) in [6.07, 6.45) is 3.05. The zero-order chi connectivity index (χ0) is 13.9. The van der Waals surface area contributed by atoms with Crippen LogP contribution in [0.15, 0.2) is 34.9 Å². The SMILES string of the molecule is CN(Cc1ccc(Br)c2cccnc12)C[C@H]1CCOC1. The monoisotopic (exact) mass is 334 g/mol. The summed E-state index contributed by atoms with van der Waals surface area (Å²) in [5, 5.41) is 1.18. The number of pyridine rings is 1. The van der Waals surface area contributed by atoms with Gasteiger partial charge >= 0.3 is 0 Å². The molecule has 0 bridgehead atoms. The maximum atomic E-state index is 5.45. The van der Waals surface area contributed by atoms with Crippen molar-refractivity contribution in [3.05, 3.63) is 40.5 Å². The molecule has 106 valence electrons. The van der Waals surface area contributed by atoms with Crippen LogP contribution in [0.5, 0.6) is 0 Å². The van der Waals surface area contributed by atoms with E-state index in [-0.39, 0.29) is 0 Å². The van der Waals surface area contributed by atoms with Crippen molar-refractivity contribution >= 4 is 26.8 Å². The van der Waals surface area contributed by atoms with Crippen molar-refractivity contribution in [2.45, 2.75) is 13.0 Å². The highest BCUT2D eigenvalue weighted by Crippen LogP contribution is 2.26. The standard InChI is InChI=1S/C16H19BrN2O/c1-19(9-12-6-8-20-11-12)10-13-4-5-15(17)14-3-2-7-18-16(13)14/h2-5,7,12H,6,8-11H2,1H3/t12-/m1/s1. The fraction of sp³-hybridized carbons (Fsp3) is 0.438. The molecule has 1 atom stereocenters. The van der Waals surface area contributed by atoms with E-state index in [9.17, 15) is 0 Å². The van der Waals surface area contributed by atoms with Crippen molar-refractivity contribution in [1.82, 2.24) is 9.88 Å². The smallest absolute Gasteiger partial charge is 0.0758 e. The highest BCUT2D eigenvalue weighted by Gasteiger charge is 2.18. The molecule has 3 rings (SSSR count). The van der Waals surface area contributed by atoms with Gasteiger partial charge in [0.05, 0.1) is 12.1 Å². The summed E-state index contributed by atoms with van der Waals surface area (Å²) in [5.74, 6) is 0.676. The second-order valence-electron chi connectivity index (χ2n) is 5.53. The van der Waals surface area contributed by atoms with Crippen LogP contribution < -0.4 is 0 Å². The van der Waals surface area contributed by atoms with Crippen molar-refractivity contribution < 1.29 is 4.74 Å². The van der Waals surface area contributed by atoms with Gasteiger partial charge in [-0.25, -0.2) is 0 Å². The number of ether oxygens (including phenoxy) is 1. The van der Waals surface area contributed by atoms with Gasteiger partial charge in [0.1, 0.15) is 0 Å². The lowest BCUT2D eigenvalue weighted by atomic mass is 10.1. The zero-order valence-corrected chi connectivity index (χ0v) is 13.3. The fourth-order valence-corrected chi connectivity index (χ4v) is 3.30. The highest BCUT2D eigenvalue weighted by atomic mass is 79.9. The Bertz CT molecular complexity index is 596. The number of benzene rings is 1. The van der Waals surface area contributed by atoms with Crippen LogP contribution in [0.4, 0.5) is 0 Å². The molecule has 0 N–H and O–H groups in total. The average Bonchev–Trinajstić information content (AvgIpc) is 2.95. The minimum atomic E-state index is 0.676. The Morgan fingerprint density at radius 3 is 3.10 bits per heavy atom. The third-order valence-corrected chi connectivity index (χ3v) is 4.53. The second-order valence-corrected chi connectivity index (χ2v) is 6.39. The number of aromatic nitrogens is 1. The van der Waals surface area contributed by atoms with Crippen LogP contribution in [0, 0.1) is 5.92 Å². The molecule has 2 aromatic rings. The van der Waals surface area contributed by atoms with E-state index in [1.807, 2.05) is 12.3 Å². The summed E-state index contributed by atoms with van der Waals surface area (Å²) < 4.78 is 6.56. The zero-order valence-electron chi connectivity index (χ0n) is 11.7. The van der Waals surface area contributed by atoms with Gasteiger partial charge in [-0.05, 0) is 37.1 Å². The molecule has 3 nitrogen and oxygen atoms in total. The molecule has 0 amide bonds. The van der Waals surface area contributed by atoms with Crippen molar-refractivity contribution in [2.75, 3.05) is 26.8 Å². The summed E-state index contributed by atoms with van der Waals surface area (Å²) in [6.45, 7) is 3.84. The van der Waals surface area contributed by atoms with Crippen molar-refractivity contribution in [2.24, 2.45) is 5.92 Å². The Balaban J connectivity index is 1.78. The quantitative estimate of drug-likeness (QED) is 0.856. The Morgan fingerprint density at radius 2 is 2.30 bits per heavy atom. The molecule has 1 saturated heterocycles. The lowest BCUT2D eigenvalue weighted by Crippen LogP contribution is -2.25.